The third-order valence-electron chi connectivity index (χ3n) is 7.46. The Labute approximate surface area is 175 Å². The van der Waals surface area contributed by atoms with Crippen LogP contribution in [-0.4, -0.2) is 34.1 Å². The Hall–Kier alpha value is -2.37. The molecule has 1 saturated carbocycles. The first kappa shape index (κ1) is 19.6. The summed E-state index contributed by atoms with van der Waals surface area (Å²) < 4.78 is 28.8. The number of amides is 1. The van der Waals surface area contributed by atoms with Gasteiger partial charge in [0.25, 0.3) is 0 Å². The van der Waals surface area contributed by atoms with Crippen molar-refractivity contribution in [1.29, 1.82) is 0 Å². The van der Waals surface area contributed by atoms with Crippen LogP contribution in [0.3, 0.4) is 0 Å². The van der Waals surface area contributed by atoms with Gasteiger partial charge in [-0.25, -0.2) is 8.78 Å². The van der Waals surface area contributed by atoms with Crippen molar-refractivity contribution >= 4 is 5.91 Å². The monoisotopic (exact) mass is 411 g/mol. The Bertz CT molecular complexity index is 993. The van der Waals surface area contributed by atoms with Gasteiger partial charge in [-0.3, -0.25) is 4.79 Å². The number of rotatable bonds is 3. The summed E-state index contributed by atoms with van der Waals surface area (Å²) in [6.45, 7) is 7.92. The zero-order valence-corrected chi connectivity index (χ0v) is 17.7. The summed E-state index contributed by atoms with van der Waals surface area (Å²) in [5.74, 6) is 0.648. The van der Waals surface area contributed by atoms with Crippen molar-refractivity contribution in [2.75, 3.05) is 13.1 Å². The zero-order valence-electron chi connectivity index (χ0n) is 17.7. The summed E-state index contributed by atoms with van der Waals surface area (Å²) in [6.07, 6.45) is 2.80. The van der Waals surface area contributed by atoms with E-state index < -0.39 is 17.0 Å². The average Bonchev–Trinajstić information content (AvgIpc) is 3.32. The molecule has 2 unspecified atom stereocenters. The molecule has 5 rings (SSSR count). The first-order valence-corrected chi connectivity index (χ1v) is 10.9. The van der Waals surface area contributed by atoms with Crippen LogP contribution in [0.4, 0.5) is 8.78 Å². The minimum absolute atomic E-state index is 0.122. The molecule has 3 aliphatic rings. The van der Waals surface area contributed by atoms with E-state index in [1.165, 1.54) is 24.6 Å². The van der Waals surface area contributed by atoms with E-state index in [1.54, 1.807) is 6.07 Å². The topological polar surface area (TPSA) is 46.1 Å². The normalized spacial score (nSPS) is 29.7. The molecule has 4 atom stereocenters. The van der Waals surface area contributed by atoms with Crippen LogP contribution in [0.25, 0.3) is 11.3 Å². The number of likely N-dealkylation sites (tertiary alicyclic amines) is 1. The van der Waals surface area contributed by atoms with E-state index in [2.05, 4.69) is 24.0 Å². The maximum atomic E-state index is 14.4. The van der Waals surface area contributed by atoms with Gasteiger partial charge >= 0.3 is 0 Å². The smallest absolute Gasteiger partial charge is 0.234 e. The molecule has 0 radical (unpaired) electrons. The van der Waals surface area contributed by atoms with Crippen LogP contribution in [0.1, 0.15) is 57.2 Å². The van der Waals surface area contributed by atoms with Crippen LogP contribution in [0.2, 0.25) is 0 Å². The minimum atomic E-state index is -0.739. The largest absolute Gasteiger partial charge is 0.341 e. The average molecular weight is 411 g/mol. The maximum Gasteiger partial charge on any atom is 0.234 e. The molecule has 1 aromatic heterocycles. The first-order valence-electron chi connectivity index (χ1n) is 10.9. The number of piperidine rings is 1. The van der Waals surface area contributed by atoms with Crippen LogP contribution >= 0.6 is 0 Å². The molecule has 2 fully saturated rings. The van der Waals surface area contributed by atoms with Crippen molar-refractivity contribution < 1.29 is 13.6 Å². The fourth-order valence-corrected chi connectivity index (χ4v) is 5.51. The fraction of sp³-hybridized carbons (Fsp3) is 0.542. The molecule has 1 aliphatic heterocycles. The lowest BCUT2D eigenvalue weighted by Gasteiger charge is -2.40. The summed E-state index contributed by atoms with van der Waals surface area (Å²) in [6, 6.07) is 5.56. The Morgan fingerprint density at radius 1 is 1.17 bits per heavy atom. The molecule has 30 heavy (non-hydrogen) atoms. The summed E-state index contributed by atoms with van der Waals surface area (Å²) in [5, 5.41) is 8.66. The molecule has 0 spiro atoms. The number of hydrogen-bond acceptors (Lipinski definition) is 3. The quantitative estimate of drug-likeness (QED) is 0.736. The second kappa shape index (κ2) is 6.82. The number of halogens is 2. The number of nitrogens with zero attached hydrogens (tertiary/aromatic N) is 3. The number of aromatic nitrogens is 2. The Morgan fingerprint density at radius 2 is 1.83 bits per heavy atom. The molecule has 158 valence electrons. The highest BCUT2D eigenvalue weighted by molar-refractivity contribution is 5.88. The summed E-state index contributed by atoms with van der Waals surface area (Å²) in [5.41, 5.74) is 0.877. The SMILES string of the molecule is CC(C)[C@H]1CC[C@](C)(C(=O)N2CC3CC3C2)c2nnc(-c3c(F)cccc3F)cc21. The molecule has 1 aromatic carbocycles. The highest BCUT2D eigenvalue weighted by Gasteiger charge is 2.52. The summed E-state index contributed by atoms with van der Waals surface area (Å²) in [4.78, 5) is 15.5. The van der Waals surface area contributed by atoms with Crippen LogP contribution in [0.5, 0.6) is 0 Å². The number of benzene rings is 1. The molecule has 4 nitrogen and oxygen atoms in total. The lowest BCUT2D eigenvalue weighted by atomic mass is 9.67. The maximum absolute atomic E-state index is 14.4. The van der Waals surface area contributed by atoms with Gasteiger partial charge in [0.2, 0.25) is 5.91 Å². The Balaban J connectivity index is 1.59. The van der Waals surface area contributed by atoms with E-state index in [0.29, 0.717) is 23.4 Å². The van der Waals surface area contributed by atoms with Gasteiger partial charge in [-0.15, -0.1) is 5.10 Å². The lowest BCUT2D eigenvalue weighted by Crippen LogP contribution is -2.48. The van der Waals surface area contributed by atoms with Crippen LogP contribution < -0.4 is 0 Å². The van der Waals surface area contributed by atoms with Crippen molar-refractivity contribution in [3.63, 3.8) is 0 Å². The standard InChI is InChI=1S/C24H27F2N3O/c1-13(2)16-7-8-24(3,23(30)29-11-14-9-15(14)12-29)22-17(16)10-20(27-28-22)21-18(25)5-4-6-19(21)26/h4-6,10,13-16H,7-9,11-12H2,1-3H3/t14?,15?,16-,24+/m1/s1. The van der Waals surface area contributed by atoms with E-state index in [1.807, 2.05) is 11.8 Å². The minimum Gasteiger partial charge on any atom is -0.341 e. The van der Waals surface area contributed by atoms with Gasteiger partial charge in [-0.05, 0) is 73.6 Å². The molecule has 2 aliphatic carbocycles. The van der Waals surface area contributed by atoms with Crippen LogP contribution in [0.15, 0.2) is 24.3 Å². The van der Waals surface area contributed by atoms with E-state index in [9.17, 15) is 13.6 Å². The molecule has 0 bridgehead atoms. The molecule has 1 saturated heterocycles. The molecular formula is C24H27F2N3O. The van der Waals surface area contributed by atoms with E-state index in [4.69, 9.17) is 0 Å². The van der Waals surface area contributed by atoms with E-state index >= 15 is 0 Å². The molecule has 0 N–H and O–H groups in total. The van der Waals surface area contributed by atoms with Gasteiger partial charge in [0.1, 0.15) is 11.6 Å². The van der Waals surface area contributed by atoms with E-state index in [0.717, 1.165) is 31.5 Å². The third-order valence-corrected chi connectivity index (χ3v) is 7.46. The number of carbonyl (C=O) groups excluding carboxylic acids is 1. The molecule has 2 aromatic rings. The number of fused-ring (bicyclic) bond motifs is 2. The fourth-order valence-electron chi connectivity index (χ4n) is 5.51. The Kier molecular flexibility index (Phi) is 4.46. The van der Waals surface area contributed by atoms with Crippen molar-refractivity contribution in [2.24, 2.45) is 17.8 Å². The predicted molar refractivity (Wildman–Crippen MR) is 110 cm³/mol. The highest BCUT2D eigenvalue weighted by Crippen LogP contribution is 2.50. The summed E-state index contributed by atoms with van der Waals surface area (Å²) >= 11 is 0. The van der Waals surface area contributed by atoms with Crippen LogP contribution in [-0.2, 0) is 10.2 Å². The molecule has 6 heteroatoms. The Morgan fingerprint density at radius 3 is 2.47 bits per heavy atom. The van der Waals surface area contributed by atoms with Gasteiger partial charge in [-0.1, -0.05) is 19.9 Å². The summed E-state index contributed by atoms with van der Waals surface area (Å²) in [7, 11) is 0. The molecule has 2 heterocycles. The second-order valence-electron chi connectivity index (χ2n) is 9.82. The number of hydrogen-bond donors (Lipinski definition) is 0. The number of carbonyl (C=O) groups is 1. The predicted octanol–water partition coefficient (Wildman–Crippen LogP) is 4.69. The molecular weight excluding hydrogens is 384 g/mol. The van der Waals surface area contributed by atoms with Gasteiger partial charge in [0.15, 0.2) is 0 Å². The second-order valence-corrected chi connectivity index (χ2v) is 9.82. The zero-order chi connectivity index (χ0) is 21.2. The van der Waals surface area contributed by atoms with Crippen LogP contribution in [0, 0.1) is 29.4 Å². The van der Waals surface area contributed by atoms with Crippen molar-refractivity contribution in [3.8, 4) is 11.3 Å². The van der Waals surface area contributed by atoms with Crippen molar-refractivity contribution in [3.05, 3.63) is 47.2 Å². The van der Waals surface area contributed by atoms with Gasteiger partial charge in [0, 0.05) is 13.1 Å². The van der Waals surface area contributed by atoms with E-state index in [-0.39, 0.29) is 23.1 Å². The van der Waals surface area contributed by atoms with Gasteiger partial charge in [0.05, 0.1) is 22.4 Å². The first-order chi connectivity index (χ1) is 14.3. The van der Waals surface area contributed by atoms with Crippen molar-refractivity contribution in [2.45, 2.75) is 51.4 Å². The molecule has 1 amide bonds. The van der Waals surface area contributed by atoms with Crippen molar-refractivity contribution in [1.82, 2.24) is 15.1 Å². The lowest BCUT2D eigenvalue weighted by molar-refractivity contribution is -0.137. The highest BCUT2D eigenvalue weighted by atomic mass is 19.1. The van der Waals surface area contributed by atoms with Gasteiger partial charge < -0.3 is 4.90 Å². The van der Waals surface area contributed by atoms with Gasteiger partial charge in [-0.2, -0.15) is 5.10 Å². The third kappa shape index (κ3) is 2.95.